The molecule has 2 fully saturated rings. The molecule has 1 aromatic heterocycles. The number of aromatic nitrogens is 1. The van der Waals surface area contributed by atoms with Crippen LogP contribution in [0.2, 0.25) is 0 Å². The van der Waals surface area contributed by atoms with E-state index >= 15 is 0 Å². The largest absolute Gasteiger partial charge is 0.381 e. The van der Waals surface area contributed by atoms with E-state index in [9.17, 15) is 4.79 Å². The van der Waals surface area contributed by atoms with Crippen LogP contribution in [0, 0.1) is 5.92 Å². The highest BCUT2D eigenvalue weighted by atomic mass is 16.5. The predicted molar refractivity (Wildman–Crippen MR) is 130 cm³/mol. The molecule has 1 aromatic carbocycles. The van der Waals surface area contributed by atoms with Gasteiger partial charge in [0.05, 0.1) is 36.7 Å². The number of ether oxygens (including phenoxy) is 2. The van der Waals surface area contributed by atoms with Crippen molar-refractivity contribution in [3.05, 3.63) is 47.7 Å². The molecule has 1 saturated carbocycles. The second-order valence-electron chi connectivity index (χ2n) is 9.91. The second kappa shape index (κ2) is 9.82. The number of rotatable bonds is 4. The first-order valence-corrected chi connectivity index (χ1v) is 12.5. The Kier molecular flexibility index (Phi) is 6.65. The summed E-state index contributed by atoms with van der Waals surface area (Å²) in [5, 5.41) is 3.49. The highest BCUT2D eigenvalue weighted by Crippen LogP contribution is 2.40. The van der Waals surface area contributed by atoms with Gasteiger partial charge in [-0.25, -0.2) is 4.98 Å². The minimum atomic E-state index is 0.0322. The molecule has 6 heteroatoms. The third kappa shape index (κ3) is 4.92. The number of hydrogen-bond donors (Lipinski definition) is 1. The maximum Gasteiger partial charge on any atom is 0.230 e. The van der Waals surface area contributed by atoms with Gasteiger partial charge in [0, 0.05) is 30.2 Å². The Morgan fingerprint density at radius 2 is 2.03 bits per heavy atom. The Morgan fingerprint density at radius 3 is 2.79 bits per heavy atom. The molecule has 6 nitrogen and oxygen atoms in total. The van der Waals surface area contributed by atoms with Gasteiger partial charge in [-0.2, -0.15) is 0 Å². The van der Waals surface area contributed by atoms with Crippen molar-refractivity contribution in [3.8, 4) is 0 Å². The molecule has 3 aliphatic rings. The summed E-state index contributed by atoms with van der Waals surface area (Å²) in [6, 6.07) is 10.5. The van der Waals surface area contributed by atoms with Crippen LogP contribution in [-0.4, -0.2) is 36.3 Å². The van der Waals surface area contributed by atoms with Gasteiger partial charge in [0.1, 0.15) is 5.82 Å². The van der Waals surface area contributed by atoms with E-state index in [1.807, 2.05) is 11.0 Å². The van der Waals surface area contributed by atoms with Gasteiger partial charge in [-0.05, 0) is 76.1 Å². The number of hydrogen-bond acceptors (Lipinski definition) is 5. The fraction of sp³-hybridized carbons (Fsp3) is 0.556. The fourth-order valence-electron chi connectivity index (χ4n) is 5.44. The first kappa shape index (κ1) is 22.4. The summed E-state index contributed by atoms with van der Waals surface area (Å²) in [5.74, 6) is 1.46. The fourth-order valence-corrected chi connectivity index (χ4v) is 5.44. The third-order valence-electron chi connectivity index (χ3n) is 7.17. The lowest BCUT2D eigenvalue weighted by atomic mass is 9.86. The van der Waals surface area contributed by atoms with E-state index in [2.05, 4.69) is 48.4 Å². The summed E-state index contributed by atoms with van der Waals surface area (Å²) >= 11 is 0. The van der Waals surface area contributed by atoms with Gasteiger partial charge < -0.3 is 19.7 Å². The van der Waals surface area contributed by atoms with Gasteiger partial charge in [0.25, 0.3) is 0 Å². The van der Waals surface area contributed by atoms with Gasteiger partial charge in [-0.1, -0.05) is 12.1 Å². The minimum Gasteiger partial charge on any atom is -0.381 e. The number of carbonyl (C=O) groups is 1. The smallest absolute Gasteiger partial charge is 0.230 e. The number of nitrogens with one attached hydrogen (secondary N) is 1. The molecular formula is C27H35N3O3. The standard InChI is InChI=1S/C27H35N3O3/c1-18(2)33-23-10-7-19(8-11-23)27(31)30-16-21-5-3-13-28-26(21)29-24-12-9-20(15-25(24)30)22-6-4-14-32-17-22/h3,5,9,12-13,15,18-19,22-23H,4,6-8,10-11,14,16-17H2,1-2H3,(H,28,29). The van der Waals surface area contributed by atoms with Crippen LogP contribution in [0.25, 0.3) is 0 Å². The van der Waals surface area contributed by atoms with Crippen molar-refractivity contribution in [1.29, 1.82) is 0 Å². The number of amides is 1. The molecule has 176 valence electrons. The Hall–Kier alpha value is -2.44. The Balaban J connectivity index is 1.43. The van der Waals surface area contributed by atoms with E-state index in [-0.39, 0.29) is 24.0 Å². The average Bonchev–Trinajstić information content (AvgIpc) is 3.00. The molecule has 1 amide bonds. The molecule has 1 unspecified atom stereocenters. The van der Waals surface area contributed by atoms with Gasteiger partial charge in [-0.3, -0.25) is 4.79 Å². The zero-order valence-corrected chi connectivity index (χ0v) is 19.8. The first-order chi connectivity index (χ1) is 16.1. The van der Waals surface area contributed by atoms with E-state index < -0.39 is 0 Å². The number of pyridine rings is 1. The van der Waals surface area contributed by atoms with Crippen LogP contribution < -0.4 is 10.2 Å². The van der Waals surface area contributed by atoms with Gasteiger partial charge in [-0.15, -0.1) is 0 Å². The zero-order chi connectivity index (χ0) is 22.8. The van der Waals surface area contributed by atoms with Crippen LogP contribution >= 0.6 is 0 Å². The van der Waals surface area contributed by atoms with Crippen molar-refractivity contribution in [2.45, 2.75) is 77.0 Å². The Morgan fingerprint density at radius 1 is 1.18 bits per heavy atom. The molecule has 0 bridgehead atoms. The normalized spacial score (nSPS) is 25.1. The minimum absolute atomic E-state index is 0.0322. The number of benzene rings is 1. The summed E-state index contributed by atoms with van der Waals surface area (Å²) in [7, 11) is 0. The Bertz CT molecular complexity index is 978. The lowest BCUT2D eigenvalue weighted by molar-refractivity contribution is -0.124. The summed E-state index contributed by atoms with van der Waals surface area (Å²) < 4.78 is 11.8. The van der Waals surface area contributed by atoms with Crippen molar-refractivity contribution < 1.29 is 14.3 Å². The van der Waals surface area contributed by atoms with Crippen molar-refractivity contribution in [2.75, 3.05) is 23.4 Å². The molecule has 0 spiro atoms. The van der Waals surface area contributed by atoms with Crippen LogP contribution in [0.15, 0.2) is 36.5 Å². The van der Waals surface area contributed by atoms with Gasteiger partial charge >= 0.3 is 0 Å². The van der Waals surface area contributed by atoms with E-state index in [0.717, 1.165) is 74.5 Å². The molecule has 3 heterocycles. The average molecular weight is 450 g/mol. The number of nitrogens with zero attached hydrogens (tertiary/aromatic N) is 2. The topological polar surface area (TPSA) is 63.7 Å². The molecule has 2 aliphatic heterocycles. The van der Waals surface area contributed by atoms with E-state index in [4.69, 9.17) is 9.47 Å². The molecule has 1 atom stereocenters. The highest BCUT2D eigenvalue weighted by molar-refractivity contribution is 5.99. The molecule has 2 aromatic rings. The third-order valence-corrected chi connectivity index (χ3v) is 7.17. The van der Waals surface area contributed by atoms with Crippen LogP contribution in [0.5, 0.6) is 0 Å². The molecule has 1 saturated heterocycles. The molecule has 0 radical (unpaired) electrons. The lowest BCUT2D eigenvalue weighted by Crippen LogP contribution is -2.38. The van der Waals surface area contributed by atoms with Crippen LogP contribution in [-0.2, 0) is 20.8 Å². The monoisotopic (exact) mass is 449 g/mol. The van der Waals surface area contributed by atoms with Crippen molar-refractivity contribution in [1.82, 2.24) is 4.98 Å². The van der Waals surface area contributed by atoms with Gasteiger partial charge in [0.2, 0.25) is 5.91 Å². The van der Waals surface area contributed by atoms with Crippen LogP contribution in [0.3, 0.4) is 0 Å². The van der Waals surface area contributed by atoms with Gasteiger partial charge in [0.15, 0.2) is 0 Å². The molecule has 5 rings (SSSR count). The SMILES string of the molecule is CC(C)OC1CCC(C(=O)N2Cc3cccnc3Nc3ccc(C4CCCOC4)cc32)CC1. The quantitative estimate of drug-likeness (QED) is 0.663. The number of anilines is 3. The maximum absolute atomic E-state index is 13.9. The van der Waals surface area contributed by atoms with Crippen molar-refractivity contribution >= 4 is 23.1 Å². The maximum atomic E-state index is 13.9. The summed E-state index contributed by atoms with van der Waals surface area (Å²) in [6.45, 7) is 6.30. The zero-order valence-electron chi connectivity index (χ0n) is 19.8. The van der Waals surface area contributed by atoms with E-state index in [0.29, 0.717) is 12.5 Å². The Labute approximate surface area is 196 Å². The van der Waals surface area contributed by atoms with Crippen molar-refractivity contribution in [3.63, 3.8) is 0 Å². The molecule has 1 aliphatic carbocycles. The highest BCUT2D eigenvalue weighted by Gasteiger charge is 2.33. The lowest BCUT2D eigenvalue weighted by Gasteiger charge is -2.33. The van der Waals surface area contributed by atoms with E-state index in [1.165, 1.54) is 5.56 Å². The summed E-state index contributed by atoms with van der Waals surface area (Å²) in [4.78, 5) is 20.5. The predicted octanol–water partition coefficient (Wildman–Crippen LogP) is 5.55. The first-order valence-electron chi connectivity index (χ1n) is 12.5. The summed E-state index contributed by atoms with van der Waals surface area (Å²) in [6.07, 6.45) is 8.17. The van der Waals surface area contributed by atoms with Crippen LogP contribution in [0.1, 0.15) is 69.4 Å². The summed E-state index contributed by atoms with van der Waals surface area (Å²) in [5.41, 5.74) is 4.20. The van der Waals surface area contributed by atoms with Crippen molar-refractivity contribution in [2.24, 2.45) is 5.92 Å². The van der Waals surface area contributed by atoms with E-state index in [1.54, 1.807) is 6.20 Å². The number of fused-ring (bicyclic) bond motifs is 2. The molecule has 1 N–H and O–H groups in total. The molecular weight excluding hydrogens is 414 g/mol. The molecule has 33 heavy (non-hydrogen) atoms. The number of carbonyl (C=O) groups excluding carboxylic acids is 1. The van der Waals surface area contributed by atoms with Crippen LogP contribution in [0.4, 0.5) is 17.2 Å². The second-order valence-corrected chi connectivity index (χ2v) is 9.91.